The molecule has 0 fully saturated rings. The molecule has 0 unspecified atom stereocenters. The number of nitrogens with two attached hydrogens (primary N) is 1. The predicted octanol–water partition coefficient (Wildman–Crippen LogP) is 0.641. The average molecular weight is 338 g/mol. The molecule has 0 spiro atoms. The molecular formula is C11H18N2O4S3. The Labute approximate surface area is 123 Å². The molecule has 0 amide bonds. The van der Waals surface area contributed by atoms with E-state index in [1.807, 2.05) is 4.90 Å². The topological polar surface area (TPSA) is 97.5 Å². The summed E-state index contributed by atoms with van der Waals surface area (Å²) in [5.74, 6) is 0.424. The van der Waals surface area contributed by atoms with E-state index in [4.69, 9.17) is 5.14 Å². The van der Waals surface area contributed by atoms with Crippen LogP contribution in [0.5, 0.6) is 0 Å². The highest BCUT2D eigenvalue weighted by atomic mass is 32.3. The van der Waals surface area contributed by atoms with Crippen molar-refractivity contribution in [2.24, 2.45) is 11.1 Å². The Hall–Kier alpha value is -0.480. The highest BCUT2D eigenvalue weighted by Gasteiger charge is 2.30. The monoisotopic (exact) mass is 338 g/mol. The minimum Gasteiger partial charge on any atom is -0.298 e. The molecule has 6 nitrogen and oxygen atoms in total. The van der Waals surface area contributed by atoms with Crippen LogP contribution in [0.15, 0.2) is 14.5 Å². The summed E-state index contributed by atoms with van der Waals surface area (Å²) in [4.78, 5) is 2.04. The first kappa shape index (κ1) is 15.9. The molecule has 2 N–H and O–H groups in total. The Bertz CT molecular complexity index is 704. The van der Waals surface area contributed by atoms with Crippen LogP contribution in [0.2, 0.25) is 0 Å². The van der Waals surface area contributed by atoms with E-state index >= 15 is 0 Å². The van der Waals surface area contributed by atoms with Gasteiger partial charge in [-0.3, -0.25) is 4.90 Å². The molecular weight excluding hydrogens is 320 g/mol. The minimum absolute atomic E-state index is 0.0112. The van der Waals surface area contributed by atoms with Gasteiger partial charge in [-0.2, -0.15) is 0 Å². The van der Waals surface area contributed by atoms with Gasteiger partial charge < -0.3 is 0 Å². The van der Waals surface area contributed by atoms with Gasteiger partial charge in [-0.1, -0.05) is 13.8 Å². The lowest BCUT2D eigenvalue weighted by atomic mass is 10.2. The van der Waals surface area contributed by atoms with Gasteiger partial charge in [-0.15, -0.1) is 11.3 Å². The summed E-state index contributed by atoms with van der Waals surface area (Å²) < 4.78 is 47.3. The van der Waals surface area contributed by atoms with Gasteiger partial charge in [-0.25, -0.2) is 22.0 Å². The third-order valence-electron chi connectivity index (χ3n) is 3.00. The van der Waals surface area contributed by atoms with E-state index in [-0.39, 0.29) is 14.2 Å². The van der Waals surface area contributed by atoms with Crippen molar-refractivity contribution < 1.29 is 16.8 Å². The Kier molecular flexibility index (Phi) is 4.27. The molecule has 0 bridgehead atoms. The molecule has 114 valence electrons. The van der Waals surface area contributed by atoms with Crippen LogP contribution in [0, 0.1) is 5.92 Å². The molecule has 2 heterocycles. The van der Waals surface area contributed by atoms with Gasteiger partial charge in [-0.05, 0) is 17.5 Å². The summed E-state index contributed by atoms with van der Waals surface area (Å²) in [6.07, 6.45) is 0. The number of hydrogen-bond donors (Lipinski definition) is 1. The summed E-state index contributed by atoms with van der Waals surface area (Å²) >= 11 is 0.756. The lowest BCUT2D eigenvalue weighted by molar-refractivity contribution is 0.250. The van der Waals surface area contributed by atoms with E-state index < -0.39 is 19.9 Å². The Morgan fingerprint density at radius 3 is 2.65 bits per heavy atom. The lowest BCUT2D eigenvalue weighted by Crippen LogP contribution is -2.29. The summed E-state index contributed by atoms with van der Waals surface area (Å²) in [5.41, 5.74) is 0.539. The second-order valence-electron chi connectivity index (χ2n) is 5.37. The Morgan fingerprint density at radius 1 is 1.45 bits per heavy atom. The van der Waals surface area contributed by atoms with Crippen molar-refractivity contribution in [2.45, 2.75) is 28.8 Å². The Balaban J connectivity index is 2.45. The van der Waals surface area contributed by atoms with Crippen LogP contribution in [0.3, 0.4) is 0 Å². The smallest absolute Gasteiger partial charge is 0.247 e. The van der Waals surface area contributed by atoms with E-state index in [9.17, 15) is 16.8 Å². The first-order valence-corrected chi connectivity index (χ1v) is 10.2. The normalized spacial score (nSPS) is 19.8. The van der Waals surface area contributed by atoms with E-state index in [0.29, 0.717) is 24.6 Å². The first-order chi connectivity index (χ1) is 9.09. The standard InChI is InChI=1S/C11H18N2O4S3/c1-8(2)6-13-3-4-19(14,15)11-9(7-13)5-10(18-11)20(12,16)17/h5,8H,3-4,6-7H2,1-2H3,(H2,12,16,17). The van der Waals surface area contributed by atoms with Crippen LogP contribution >= 0.6 is 11.3 Å². The number of fused-ring (bicyclic) bond motifs is 1. The lowest BCUT2D eigenvalue weighted by Gasteiger charge is -2.21. The summed E-state index contributed by atoms with van der Waals surface area (Å²) in [5, 5.41) is 5.09. The summed E-state index contributed by atoms with van der Waals surface area (Å²) in [6.45, 7) is 5.80. The molecule has 1 aliphatic heterocycles. The van der Waals surface area contributed by atoms with Crippen LogP contribution in [-0.2, 0) is 26.4 Å². The third kappa shape index (κ3) is 3.40. The fourth-order valence-corrected chi connectivity index (χ4v) is 6.29. The fourth-order valence-electron chi connectivity index (χ4n) is 2.24. The van der Waals surface area contributed by atoms with Crippen molar-refractivity contribution in [1.29, 1.82) is 0 Å². The van der Waals surface area contributed by atoms with Crippen molar-refractivity contribution >= 4 is 31.2 Å². The molecule has 0 saturated heterocycles. The van der Waals surface area contributed by atoms with Crippen LogP contribution in [0.1, 0.15) is 19.4 Å². The zero-order valence-corrected chi connectivity index (χ0v) is 13.8. The van der Waals surface area contributed by atoms with Crippen LogP contribution < -0.4 is 5.14 Å². The molecule has 1 aromatic rings. The van der Waals surface area contributed by atoms with Gasteiger partial charge in [0.1, 0.15) is 8.42 Å². The van der Waals surface area contributed by atoms with Crippen molar-refractivity contribution in [3.05, 3.63) is 11.6 Å². The van der Waals surface area contributed by atoms with E-state index in [1.165, 1.54) is 6.07 Å². The molecule has 9 heteroatoms. The maximum atomic E-state index is 12.2. The molecule has 0 aromatic carbocycles. The van der Waals surface area contributed by atoms with Crippen LogP contribution in [0.4, 0.5) is 0 Å². The summed E-state index contributed by atoms with van der Waals surface area (Å²) in [7, 11) is -7.29. The van der Waals surface area contributed by atoms with Gasteiger partial charge in [0, 0.05) is 19.6 Å². The number of sulfonamides is 1. The number of sulfone groups is 1. The van der Waals surface area contributed by atoms with Crippen molar-refractivity contribution in [2.75, 3.05) is 18.8 Å². The fraction of sp³-hybridized carbons (Fsp3) is 0.636. The molecule has 2 rings (SSSR count). The number of nitrogens with zero attached hydrogens (tertiary/aromatic N) is 1. The zero-order chi connectivity index (χ0) is 15.1. The van der Waals surface area contributed by atoms with E-state index in [1.54, 1.807) is 0 Å². The van der Waals surface area contributed by atoms with Gasteiger partial charge in [0.2, 0.25) is 10.0 Å². The Morgan fingerprint density at radius 2 is 2.10 bits per heavy atom. The number of primary sulfonamides is 1. The molecule has 0 atom stereocenters. The van der Waals surface area contributed by atoms with Crippen molar-refractivity contribution in [1.82, 2.24) is 4.90 Å². The summed E-state index contributed by atoms with van der Waals surface area (Å²) in [6, 6.07) is 1.39. The largest absolute Gasteiger partial charge is 0.298 e. The number of thiophene rings is 1. The molecule has 0 radical (unpaired) electrons. The quantitative estimate of drug-likeness (QED) is 0.872. The van der Waals surface area contributed by atoms with Gasteiger partial charge >= 0.3 is 0 Å². The van der Waals surface area contributed by atoms with Crippen molar-refractivity contribution in [3.8, 4) is 0 Å². The van der Waals surface area contributed by atoms with Crippen LogP contribution in [-0.4, -0.2) is 40.6 Å². The highest BCUT2D eigenvalue weighted by molar-refractivity contribution is 7.95. The van der Waals surface area contributed by atoms with Gasteiger partial charge in [0.25, 0.3) is 0 Å². The molecule has 0 aliphatic carbocycles. The second kappa shape index (κ2) is 5.38. The minimum atomic E-state index is -3.86. The predicted molar refractivity (Wildman–Crippen MR) is 77.9 cm³/mol. The number of rotatable bonds is 3. The highest BCUT2D eigenvalue weighted by Crippen LogP contribution is 2.33. The van der Waals surface area contributed by atoms with E-state index in [0.717, 1.165) is 17.9 Å². The maximum Gasteiger partial charge on any atom is 0.247 e. The van der Waals surface area contributed by atoms with Crippen LogP contribution in [0.25, 0.3) is 0 Å². The molecule has 0 saturated carbocycles. The SMILES string of the molecule is CC(C)CN1CCS(=O)(=O)c2sc(S(N)(=O)=O)cc2C1. The maximum absolute atomic E-state index is 12.2. The molecule has 1 aromatic heterocycles. The van der Waals surface area contributed by atoms with Gasteiger partial charge in [0.15, 0.2) is 9.84 Å². The number of hydrogen-bond acceptors (Lipinski definition) is 6. The van der Waals surface area contributed by atoms with E-state index in [2.05, 4.69) is 13.8 Å². The molecule has 1 aliphatic rings. The van der Waals surface area contributed by atoms with Crippen molar-refractivity contribution in [3.63, 3.8) is 0 Å². The molecule has 20 heavy (non-hydrogen) atoms. The van der Waals surface area contributed by atoms with Gasteiger partial charge in [0.05, 0.1) is 5.75 Å². The second-order valence-corrected chi connectivity index (χ2v) is 10.5. The third-order valence-corrected chi connectivity index (χ3v) is 7.96. The zero-order valence-electron chi connectivity index (χ0n) is 11.4. The average Bonchev–Trinajstić information content (AvgIpc) is 2.65. The first-order valence-electron chi connectivity index (χ1n) is 6.20.